The summed E-state index contributed by atoms with van der Waals surface area (Å²) in [5.74, 6) is -0.268. The Labute approximate surface area is 162 Å². The molecule has 1 aromatic carbocycles. The van der Waals surface area contributed by atoms with Crippen LogP contribution in [0.2, 0.25) is 0 Å². The molecule has 2 aromatic rings. The van der Waals surface area contributed by atoms with Crippen molar-refractivity contribution >= 4 is 18.3 Å². The number of aromatic nitrogens is 2. The van der Waals surface area contributed by atoms with Crippen molar-refractivity contribution in [3.05, 3.63) is 46.8 Å². The fourth-order valence-corrected chi connectivity index (χ4v) is 2.71. The molecule has 0 aliphatic rings. The average Bonchev–Trinajstić information content (AvgIpc) is 2.90. The number of hydrogen-bond acceptors (Lipinski definition) is 3. The second kappa shape index (κ2) is 9.75. The van der Waals surface area contributed by atoms with Crippen molar-refractivity contribution in [1.29, 1.82) is 0 Å². The molecule has 0 spiro atoms. The number of carbonyl (C=O) groups excluding carboxylic acids is 1. The Morgan fingerprint density at radius 3 is 2.48 bits per heavy atom. The van der Waals surface area contributed by atoms with Crippen LogP contribution in [0.25, 0.3) is 5.69 Å². The summed E-state index contributed by atoms with van der Waals surface area (Å²) < 4.78 is 41.9. The van der Waals surface area contributed by atoms with Crippen molar-refractivity contribution in [3.8, 4) is 5.69 Å². The number of carbonyl (C=O) groups is 1. The molecule has 1 heterocycles. The van der Waals surface area contributed by atoms with Gasteiger partial charge in [-0.05, 0) is 57.6 Å². The van der Waals surface area contributed by atoms with E-state index < -0.39 is 11.7 Å². The summed E-state index contributed by atoms with van der Waals surface area (Å²) >= 11 is 0. The Kier molecular flexibility index (Phi) is 8.30. The molecule has 150 valence electrons. The van der Waals surface area contributed by atoms with Crippen LogP contribution in [0.5, 0.6) is 0 Å². The molecule has 0 unspecified atom stereocenters. The van der Waals surface area contributed by atoms with Crippen molar-refractivity contribution in [2.75, 3.05) is 13.6 Å². The maximum Gasteiger partial charge on any atom is 0.416 e. The second-order valence-corrected chi connectivity index (χ2v) is 6.16. The van der Waals surface area contributed by atoms with E-state index in [1.54, 1.807) is 33.0 Å². The monoisotopic (exact) mass is 404 g/mol. The van der Waals surface area contributed by atoms with Gasteiger partial charge >= 0.3 is 6.18 Å². The van der Waals surface area contributed by atoms with Crippen LogP contribution in [0.4, 0.5) is 13.2 Å². The molecule has 2 N–H and O–H groups in total. The third kappa shape index (κ3) is 6.25. The zero-order valence-corrected chi connectivity index (χ0v) is 16.3. The average molecular weight is 405 g/mol. The van der Waals surface area contributed by atoms with Gasteiger partial charge in [0.05, 0.1) is 16.9 Å². The molecular weight excluding hydrogens is 381 g/mol. The lowest BCUT2D eigenvalue weighted by molar-refractivity contribution is -0.138. The standard InChI is InChI=1S/C18H23F3N4O.ClH/c1-12-9-13(2)25(24-12)15-7-6-14(16(10-15)18(19,20)21)11-23-17(26)5-4-8-22-3;/h6-7,9-10,22H,4-5,8,11H2,1-3H3,(H,23,26);1H. The highest BCUT2D eigenvalue weighted by Gasteiger charge is 2.33. The summed E-state index contributed by atoms with van der Waals surface area (Å²) in [6.45, 7) is 4.09. The predicted molar refractivity (Wildman–Crippen MR) is 100 cm³/mol. The van der Waals surface area contributed by atoms with E-state index in [0.29, 0.717) is 18.7 Å². The Morgan fingerprint density at radius 1 is 1.22 bits per heavy atom. The largest absolute Gasteiger partial charge is 0.416 e. The van der Waals surface area contributed by atoms with Crippen LogP contribution >= 0.6 is 12.4 Å². The molecule has 0 saturated heterocycles. The van der Waals surface area contributed by atoms with E-state index in [-0.39, 0.29) is 36.8 Å². The molecule has 0 radical (unpaired) electrons. The number of rotatable bonds is 7. The van der Waals surface area contributed by atoms with E-state index in [0.717, 1.165) is 17.5 Å². The molecule has 1 aromatic heterocycles. The molecule has 9 heteroatoms. The molecule has 0 aliphatic heterocycles. The van der Waals surface area contributed by atoms with Crippen LogP contribution in [-0.2, 0) is 17.5 Å². The number of aryl methyl sites for hydroxylation is 2. The van der Waals surface area contributed by atoms with Crippen molar-refractivity contribution in [2.24, 2.45) is 0 Å². The van der Waals surface area contributed by atoms with Gasteiger partial charge in [-0.25, -0.2) is 4.68 Å². The van der Waals surface area contributed by atoms with E-state index >= 15 is 0 Å². The van der Waals surface area contributed by atoms with Gasteiger partial charge in [0, 0.05) is 18.7 Å². The molecule has 0 fully saturated rings. The van der Waals surface area contributed by atoms with Gasteiger partial charge in [0.15, 0.2) is 0 Å². The van der Waals surface area contributed by atoms with Gasteiger partial charge in [-0.2, -0.15) is 18.3 Å². The van der Waals surface area contributed by atoms with Crippen LogP contribution in [-0.4, -0.2) is 29.3 Å². The number of hydrogen-bond donors (Lipinski definition) is 2. The minimum absolute atomic E-state index is 0. The summed E-state index contributed by atoms with van der Waals surface area (Å²) in [5, 5.41) is 9.70. The third-order valence-electron chi connectivity index (χ3n) is 3.96. The molecule has 27 heavy (non-hydrogen) atoms. The van der Waals surface area contributed by atoms with Crippen LogP contribution in [0.1, 0.15) is 35.4 Å². The van der Waals surface area contributed by atoms with Crippen molar-refractivity contribution < 1.29 is 18.0 Å². The first-order chi connectivity index (χ1) is 12.2. The fraction of sp³-hybridized carbons (Fsp3) is 0.444. The van der Waals surface area contributed by atoms with Gasteiger partial charge in [0.2, 0.25) is 5.91 Å². The van der Waals surface area contributed by atoms with Gasteiger partial charge in [0.25, 0.3) is 0 Å². The smallest absolute Gasteiger partial charge is 0.352 e. The van der Waals surface area contributed by atoms with Crippen LogP contribution in [0, 0.1) is 13.8 Å². The Balaban J connectivity index is 0.00000364. The Hall–Kier alpha value is -2.06. The molecular formula is C18H24ClF3N4O. The number of benzene rings is 1. The lowest BCUT2D eigenvalue weighted by Gasteiger charge is -2.16. The zero-order chi connectivity index (χ0) is 19.3. The van der Waals surface area contributed by atoms with Crippen LogP contribution < -0.4 is 10.6 Å². The zero-order valence-electron chi connectivity index (χ0n) is 15.5. The highest BCUT2D eigenvalue weighted by molar-refractivity contribution is 5.85. The van der Waals surface area contributed by atoms with Crippen molar-refractivity contribution in [3.63, 3.8) is 0 Å². The normalized spacial score (nSPS) is 11.2. The summed E-state index contributed by atoms with van der Waals surface area (Å²) in [7, 11) is 1.78. The summed E-state index contributed by atoms with van der Waals surface area (Å²) in [6, 6.07) is 5.84. The number of alkyl halides is 3. The highest BCUT2D eigenvalue weighted by Crippen LogP contribution is 2.33. The van der Waals surface area contributed by atoms with E-state index in [2.05, 4.69) is 15.7 Å². The first kappa shape index (κ1) is 23.0. The first-order valence-electron chi connectivity index (χ1n) is 8.37. The lowest BCUT2D eigenvalue weighted by Crippen LogP contribution is -2.25. The molecule has 0 aliphatic carbocycles. The number of amides is 1. The Bertz CT molecular complexity index is 774. The van der Waals surface area contributed by atoms with Gasteiger partial charge in [-0.15, -0.1) is 12.4 Å². The topological polar surface area (TPSA) is 59.0 Å². The van der Waals surface area contributed by atoms with Gasteiger partial charge in [-0.3, -0.25) is 4.79 Å². The number of nitrogens with zero attached hydrogens (tertiary/aromatic N) is 2. The van der Waals surface area contributed by atoms with Crippen LogP contribution in [0.3, 0.4) is 0 Å². The summed E-state index contributed by atoms with van der Waals surface area (Å²) in [4.78, 5) is 11.8. The maximum absolute atomic E-state index is 13.5. The minimum Gasteiger partial charge on any atom is -0.352 e. The third-order valence-corrected chi connectivity index (χ3v) is 3.96. The van der Waals surface area contributed by atoms with Gasteiger partial charge in [0.1, 0.15) is 0 Å². The second-order valence-electron chi connectivity index (χ2n) is 6.16. The number of halogens is 4. The van der Waals surface area contributed by atoms with Crippen LogP contribution in [0.15, 0.2) is 24.3 Å². The molecule has 0 atom stereocenters. The van der Waals surface area contributed by atoms with E-state index in [9.17, 15) is 18.0 Å². The molecule has 5 nitrogen and oxygen atoms in total. The van der Waals surface area contributed by atoms with E-state index in [4.69, 9.17) is 0 Å². The van der Waals surface area contributed by atoms with E-state index in [1.807, 2.05) is 0 Å². The quantitative estimate of drug-likeness (QED) is 0.694. The summed E-state index contributed by atoms with van der Waals surface area (Å²) in [5.41, 5.74) is 1.09. The van der Waals surface area contributed by atoms with Gasteiger partial charge in [-0.1, -0.05) is 6.07 Å². The van der Waals surface area contributed by atoms with Crippen molar-refractivity contribution in [2.45, 2.75) is 39.4 Å². The molecule has 0 bridgehead atoms. The summed E-state index contributed by atoms with van der Waals surface area (Å²) in [6.07, 6.45) is -3.62. The lowest BCUT2D eigenvalue weighted by atomic mass is 10.1. The van der Waals surface area contributed by atoms with Crippen molar-refractivity contribution in [1.82, 2.24) is 20.4 Å². The minimum atomic E-state index is -4.52. The highest BCUT2D eigenvalue weighted by atomic mass is 35.5. The van der Waals surface area contributed by atoms with E-state index in [1.165, 1.54) is 10.7 Å². The molecule has 1 amide bonds. The SMILES string of the molecule is CNCCCC(=O)NCc1ccc(-n2nc(C)cc2C)cc1C(F)(F)F.Cl. The van der Waals surface area contributed by atoms with Gasteiger partial charge < -0.3 is 10.6 Å². The first-order valence-corrected chi connectivity index (χ1v) is 8.37. The predicted octanol–water partition coefficient (Wildman–Crippen LogP) is 3.55. The Morgan fingerprint density at radius 2 is 1.93 bits per heavy atom. The maximum atomic E-state index is 13.5. The number of nitrogens with one attached hydrogen (secondary N) is 2. The molecule has 2 rings (SSSR count). The molecule has 0 saturated carbocycles. The fourth-order valence-electron chi connectivity index (χ4n) is 2.71.